The maximum atomic E-state index is 12.3. The van der Waals surface area contributed by atoms with E-state index < -0.39 is 5.60 Å². The van der Waals surface area contributed by atoms with Crippen LogP contribution in [0.5, 0.6) is 0 Å². The first-order chi connectivity index (χ1) is 9.80. The summed E-state index contributed by atoms with van der Waals surface area (Å²) in [6.07, 6.45) is 1.43. The number of nitrogens with zero attached hydrogens (tertiary/aromatic N) is 1. The van der Waals surface area contributed by atoms with Gasteiger partial charge in [-0.15, -0.1) is 0 Å². The Morgan fingerprint density at radius 1 is 1.38 bits per heavy atom. The lowest BCUT2D eigenvalue weighted by Crippen LogP contribution is -2.41. The van der Waals surface area contributed by atoms with Gasteiger partial charge in [0.15, 0.2) is 0 Å². The number of ether oxygens (including phenoxy) is 2. The van der Waals surface area contributed by atoms with Crippen LogP contribution < -0.4 is 5.56 Å². The van der Waals surface area contributed by atoms with Crippen LogP contribution in [-0.2, 0) is 20.5 Å². The molecule has 5 nitrogen and oxygen atoms in total. The van der Waals surface area contributed by atoms with Gasteiger partial charge in [-0.2, -0.15) is 0 Å². The molecule has 1 saturated heterocycles. The number of H-pyrrole nitrogens is 1. The molecule has 0 aliphatic carbocycles. The van der Waals surface area contributed by atoms with Gasteiger partial charge in [-0.05, 0) is 29.5 Å². The molecule has 1 aromatic heterocycles. The number of halogens is 1. The standard InChI is InChI=1S/C15H23IN2O3/c1-5-21-15(6-8-20-9-7-15)13-17-11(14(2,3)4)10(16)12(19)18-13/h5-9H2,1-4H3,(H,17,18,19). The second-order valence-corrected chi connectivity index (χ2v) is 7.45. The van der Waals surface area contributed by atoms with E-state index in [0.717, 1.165) is 5.69 Å². The number of nitrogens with one attached hydrogen (secondary N) is 1. The van der Waals surface area contributed by atoms with Crippen molar-refractivity contribution in [3.63, 3.8) is 0 Å². The Morgan fingerprint density at radius 2 is 2.00 bits per heavy atom. The van der Waals surface area contributed by atoms with Crippen LogP contribution in [0, 0.1) is 3.57 Å². The summed E-state index contributed by atoms with van der Waals surface area (Å²) >= 11 is 2.07. The quantitative estimate of drug-likeness (QED) is 0.785. The van der Waals surface area contributed by atoms with E-state index in [4.69, 9.17) is 14.5 Å². The smallest absolute Gasteiger partial charge is 0.264 e. The maximum absolute atomic E-state index is 12.3. The molecule has 1 fully saturated rings. The number of hydrogen-bond donors (Lipinski definition) is 1. The zero-order chi connectivity index (χ0) is 15.7. The first kappa shape index (κ1) is 16.9. The molecule has 2 heterocycles. The number of hydrogen-bond acceptors (Lipinski definition) is 4. The third-order valence-corrected chi connectivity index (χ3v) is 4.73. The first-order valence-electron chi connectivity index (χ1n) is 7.32. The van der Waals surface area contributed by atoms with Crippen molar-refractivity contribution in [3.8, 4) is 0 Å². The molecule has 21 heavy (non-hydrogen) atoms. The SMILES string of the molecule is CCOC1(c2nc(C(C)(C)C)c(I)c(=O)[nH]2)CCOCC1. The highest BCUT2D eigenvalue weighted by atomic mass is 127. The Bertz CT molecular complexity index is 552. The molecule has 1 aromatic rings. The highest BCUT2D eigenvalue weighted by molar-refractivity contribution is 14.1. The summed E-state index contributed by atoms with van der Waals surface area (Å²) in [5.74, 6) is 0.642. The van der Waals surface area contributed by atoms with Crippen LogP contribution in [0.1, 0.15) is 52.1 Å². The summed E-state index contributed by atoms with van der Waals surface area (Å²) in [4.78, 5) is 20.0. The molecule has 0 amide bonds. The Balaban J connectivity index is 2.56. The second kappa shape index (κ2) is 6.34. The fourth-order valence-corrected chi connectivity index (χ4v) is 3.66. The van der Waals surface area contributed by atoms with E-state index in [1.807, 2.05) is 6.92 Å². The third kappa shape index (κ3) is 3.48. The monoisotopic (exact) mass is 406 g/mol. The normalized spacial score (nSPS) is 18.7. The molecule has 1 aliphatic rings. The van der Waals surface area contributed by atoms with Crippen molar-refractivity contribution in [2.45, 2.75) is 51.6 Å². The van der Waals surface area contributed by atoms with Gasteiger partial charge in [-0.1, -0.05) is 20.8 Å². The largest absolute Gasteiger partial charge is 0.381 e. The lowest BCUT2D eigenvalue weighted by molar-refractivity contribution is -0.118. The van der Waals surface area contributed by atoms with Crippen molar-refractivity contribution in [1.29, 1.82) is 0 Å². The van der Waals surface area contributed by atoms with Gasteiger partial charge < -0.3 is 14.5 Å². The van der Waals surface area contributed by atoms with Crippen LogP contribution >= 0.6 is 22.6 Å². The molecule has 6 heteroatoms. The molecule has 118 valence electrons. The number of rotatable bonds is 3. The predicted molar refractivity (Wildman–Crippen MR) is 89.6 cm³/mol. The predicted octanol–water partition coefficient (Wildman–Crippen LogP) is 2.71. The van der Waals surface area contributed by atoms with Gasteiger partial charge in [-0.25, -0.2) is 4.98 Å². The number of aromatic amines is 1. The fraction of sp³-hybridized carbons (Fsp3) is 0.733. The van der Waals surface area contributed by atoms with E-state index in [-0.39, 0.29) is 11.0 Å². The molecule has 0 radical (unpaired) electrons. The van der Waals surface area contributed by atoms with Gasteiger partial charge in [-0.3, -0.25) is 4.79 Å². The van der Waals surface area contributed by atoms with Crippen LogP contribution in [0.3, 0.4) is 0 Å². The lowest BCUT2D eigenvalue weighted by Gasteiger charge is -2.36. The molecule has 0 atom stereocenters. The molecule has 2 rings (SSSR count). The highest BCUT2D eigenvalue weighted by Crippen LogP contribution is 2.35. The van der Waals surface area contributed by atoms with Crippen LogP contribution in [0.15, 0.2) is 4.79 Å². The van der Waals surface area contributed by atoms with Crippen LogP contribution in [0.2, 0.25) is 0 Å². The van der Waals surface area contributed by atoms with Crippen molar-refractivity contribution in [3.05, 3.63) is 25.4 Å². The minimum Gasteiger partial charge on any atom is -0.381 e. The minimum absolute atomic E-state index is 0.0869. The van der Waals surface area contributed by atoms with Crippen molar-refractivity contribution < 1.29 is 9.47 Å². The molecule has 0 saturated carbocycles. The summed E-state index contributed by atoms with van der Waals surface area (Å²) in [5, 5.41) is 0. The zero-order valence-corrected chi connectivity index (χ0v) is 15.2. The van der Waals surface area contributed by atoms with Crippen molar-refractivity contribution in [1.82, 2.24) is 9.97 Å². The fourth-order valence-electron chi connectivity index (χ4n) is 2.60. The van der Waals surface area contributed by atoms with Gasteiger partial charge in [0.25, 0.3) is 5.56 Å². The molecule has 0 aromatic carbocycles. The van der Waals surface area contributed by atoms with Gasteiger partial charge in [0, 0.05) is 38.1 Å². The minimum atomic E-state index is -0.531. The van der Waals surface area contributed by atoms with E-state index in [1.54, 1.807) is 0 Å². The molecule has 1 N–H and O–H groups in total. The first-order valence-corrected chi connectivity index (χ1v) is 8.40. The Morgan fingerprint density at radius 3 is 2.52 bits per heavy atom. The average Bonchev–Trinajstić information content (AvgIpc) is 2.41. The molecule has 0 bridgehead atoms. The van der Waals surface area contributed by atoms with Crippen molar-refractivity contribution in [2.75, 3.05) is 19.8 Å². The molecular weight excluding hydrogens is 383 g/mol. The molecule has 0 spiro atoms. The average molecular weight is 406 g/mol. The summed E-state index contributed by atoms with van der Waals surface area (Å²) in [6.45, 7) is 10.0. The second-order valence-electron chi connectivity index (χ2n) is 6.37. The Labute approximate surface area is 139 Å². The summed E-state index contributed by atoms with van der Waals surface area (Å²) in [7, 11) is 0. The topological polar surface area (TPSA) is 64.2 Å². The van der Waals surface area contributed by atoms with E-state index in [9.17, 15) is 4.79 Å². The van der Waals surface area contributed by atoms with Gasteiger partial charge >= 0.3 is 0 Å². The van der Waals surface area contributed by atoms with Gasteiger partial charge in [0.2, 0.25) is 0 Å². The summed E-state index contributed by atoms with van der Waals surface area (Å²) in [5.41, 5.74) is 0.0257. The van der Waals surface area contributed by atoms with E-state index in [0.29, 0.717) is 42.1 Å². The van der Waals surface area contributed by atoms with Gasteiger partial charge in [0.1, 0.15) is 15.0 Å². The highest BCUT2D eigenvalue weighted by Gasteiger charge is 2.39. The van der Waals surface area contributed by atoms with Crippen molar-refractivity contribution >= 4 is 22.6 Å². The van der Waals surface area contributed by atoms with E-state index in [2.05, 4.69) is 48.3 Å². The maximum Gasteiger partial charge on any atom is 0.264 e. The van der Waals surface area contributed by atoms with E-state index >= 15 is 0 Å². The molecule has 0 unspecified atom stereocenters. The van der Waals surface area contributed by atoms with E-state index in [1.165, 1.54) is 0 Å². The Kier molecular flexibility index (Phi) is 5.10. The third-order valence-electron chi connectivity index (χ3n) is 3.73. The van der Waals surface area contributed by atoms with Crippen LogP contribution in [0.4, 0.5) is 0 Å². The number of aromatic nitrogens is 2. The molecule has 1 aliphatic heterocycles. The summed E-state index contributed by atoms with van der Waals surface area (Å²) in [6, 6.07) is 0. The Hall–Kier alpha value is -0.470. The lowest BCUT2D eigenvalue weighted by atomic mass is 9.89. The molecular formula is C15H23IN2O3. The van der Waals surface area contributed by atoms with Gasteiger partial charge in [0.05, 0.1) is 5.69 Å². The zero-order valence-electron chi connectivity index (χ0n) is 13.1. The van der Waals surface area contributed by atoms with Crippen LogP contribution in [0.25, 0.3) is 0 Å². The van der Waals surface area contributed by atoms with Crippen LogP contribution in [-0.4, -0.2) is 29.8 Å². The van der Waals surface area contributed by atoms with Crippen molar-refractivity contribution in [2.24, 2.45) is 0 Å². The summed E-state index contributed by atoms with van der Waals surface area (Å²) < 4.78 is 12.1.